The summed E-state index contributed by atoms with van der Waals surface area (Å²) < 4.78 is 7.24. The molecule has 0 amide bonds. The lowest BCUT2D eigenvalue weighted by atomic mass is 9.99. The molecule has 1 atom stereocenters. The fourth-order valence-corrected chi connectivity index (χ4v) is 4.08. The van der Waals surface area contributed by atoms with Crippen molar-refractivity contribution < 1.29 is 9.53 Å². The molecule has 2 aromatic rings. The number of aromatic nitrogens is 3. The van der Waals surface area contributed by atoms with Gasteiger partial charge in [0.25, 0.3) is 0 Å². The first-order valence-electron chi connectivity index (χ1n) is 8.06. The van der Waals surface area contributed by atoms with Gasteiger partial charge in [-0.05, 0) is 37.1 Å². The van der Waals surface area contributed by atoms with Crippen LogP contribution in [0.25, 0.3) is 11.4 Å². The Balaban J connectivity index is 1.88. The minimum Gasteiger partial charge on any atom is -0.383 e. The summed E-state index contributed by atoms with van der Waals surface area (Å²) in [7, 11) is 1.67. The van der Waals surface area contributed by atoms with Gasteiger partial charge in [0.2, 0.25) is 0 Å². The lowest BCUT2D eigenvalue weighted by Gasteiger charge is -2.19. The highest BCUT2D eigenvalue weighted by molar-refractivity contribution is 8.00. The SMILES string of the molecule is COCCn1c(S[C@H]2CCCCC2=O)nnc1-c1ccc(Cl)cc1. The Morgan fingerprint density at radius 3 is 2.79 bits per heavy atom. The topological polar surface area (TPSA) is 57.0 Å². The van der Waals surface area contributed by atoms with Crippen LogP contribution in [-0.2, 0) is 16.1 Å². The molecule has 5 nitrogen and oxygen atoms in total. The first-order chi connectivity index (χ1) is 11.7. The average Bonchev–Trinajstić information content (AvgIpc) is 2.98. The molecule has 24 heavy (non-hydrogen) atoms. The van der Waals surface area contributed by atoms with Crippen LogP contribution in [0.4, 0.5) is 0 Å². The van der Waals surface area contributed by atoms with Crippen LogP contribution in [0.15, 0.2) is 29.4 Å². The zero-order chi connectivity index (χ0) is 16.9. The second kappa shape index (κ2) is 8.14. The summed E-state index contributed by atoms with van der Waals surface area (Å²) in [4.78, 5) is 12.1. The number of carbonyl (C=O) groups excluding carboxylic acids is 1. The van der Waals surface area contributed by atoms with Crippen molar-refractivity contribution in [2.45, 2.75) is 42.6 Å². The van der Waals surface area contributed by atoms with Crippen molar-refractivity contribution in [1.29, 1.82) is 0 Å². The van der Waals surface area contributed by atoms with E-state index in [2.05, 4.69) is 10.2 Å². The molecule has 1 aromatic heterocycles. The summed E-state index contributed by atoms with van der Waals surface area (Å²) in [6, 6.07) is 7.53. The van der Waals surface area contributed by atoms with Crippen molar-refractivity contribution in [3.8, 4) is 11.4 Å². The number of carbonyl (C=O) groups is 1. The van der Waals surface area contributed by atoms with Crippen LogP contribution < -0.4 is 0 Å². The number of thioether (sulfide) groups is 1. The first kappa shape index (κ1) is 17.5. The van der Waals surface area contributed by atoms with Crippen LogP contribution in [0.1, 0.15) is 25.7 Å². The van der Waals surface area contributed by atoms with Gasteiger partial charge in [-0.1, -0.05) is 29.8 Å². The van der Waals surface area contributed by atoms with E-state index in [4.69, 9.17) is 16.3 Å². The Hall–Kier alpha value is -1.37. The number of hydrogen-bond acceptors (Lipinski definition) is 5. The summed E-state index contributed by atoms with van der Waals surface area (Å²) in [5.74, 6) is 1.09. The standard InChI is InChI=1S/C17H20ClN3O2S/c1-23-11-10-21-16(12-6-8-13(18)9-7-12)19-20-17(21)24-15-5-3-2-4-14(15)22/h6-9,15H,2-5,10-11H2,1H3/t15-/m0/s1. The lowest BCUT2D eigenvalue weighted by Crippen LogP contribution is -2.22. The van der Waals surface area contributed by atoms with Crippen LogP contribution >= 0.6 is 23.4 Å². The third-order valence-corrected chi connectivity index (χ3v) is 5.63. The van der Waals surface area contributed by atoms with Crippen molar-refractivity contribution in [2.75, 3.05) is 13.7 Å². The van der Waals surface area contributed by atoms with Gasteiger partial charge in [-0.15, -0.1) is 10.2 Å². The molecule has 128 valence electrons. The van der Waals surface area contributed by atoms with E-state index < -0.39 is 0 Å². The normalized spacial score (nSPS) is 18.1. The third-order valence-electron chi connectivity index (χ3n) is 4.08. The van der Waals surface area contributed by atoms with Crippen LogP contribution in [0, 0.1) is 0 Å². The zero-order valence-electron chi connectivity index (χ0n) is 13.6. The van der Waals surface area contributed by atoms with Crippen LogP contribution in [0.3, 0.4) is 0 Å². The smallest absolute Gasteiger partial charge is 0.192 e. The quantitative estimate of drug-likeness (QED) is 0.778. The molecule has 0 radical (unpaired) electrons. The number of halogens is 1. The van der Waals surface area contributed by atoms with Crippen LogP contribution in [-0.4, -0.2) is 39.5 Å². The maximum atomic E-state index is 12.1. The van der Waals surface area contributed by atoms with E-state index in [1.165, 1.54) is 11.8 Å². The van der Waals surface area contributed by atoms with E-state index in [0.717, 1.165) is 35.8 Å². The van der Waals surface area contributed by atoms with Gasteiger partial charge in [0.1, 0.15) is 5.78 Å². The van der Waals surface area contributed by atoms with E-state index in [0.29, 0.717) is 30.4 Å². The molecule has 1 aromatic carbocycles. The van der Waals surface area contributed by atoms with Crippen molar-refractivity contribution in [3.63, 3.8) is 0 Å². The molecular weight excluding hydrogens is 346 g/mol. The summed E-state index contributed by atoms with van der Waals surface area (Å²) in [5.41, 5.74) is 0.949. The van der Waals surface area contributed by atoms with Crippen LogP contribution in [0.5, 0.6) is 0 Å². The van der Waals surface area contributed by atoms with Gasteiger partial charge < -0.3 is 4.74 Å². The highest BCUT2D eigenvalue weighted by Crippen LogP contribution is 2.32. The molecule has 7 heteroatoms. The second-order valence-electron chi connectivity index (χ2n) is 5.78. The molecule has 1 saturated carbocycles. The predicted molar refractivity (Wildman–Crippen MR) is 95.5 cm³/mol. The third kappa shape index (κ3) is 3.99. The number of hydrogen-bond donors (Lipinski definition) is 0. The molecule has 0 aliphatic heterocycles. The summed E-state index contributed by atoms with van der Waals surface area (Å²) in [6.07, 6.45) is 3.69. The van der Waals surface area contributed by atoms with E-state index in [1.54, 1.807) is 7.11 Å². The van der Waals surface area contributed by atoms with E-state index in [9.17, 15) is 4.79 Å². The monoisotopic (exact) mass is 365 g/mol. The summed E-state index contributed by atoms with van der Waals surface area (Å²) in [5, 5.41) is 10.1. The minimum absolute atomic E-state index is 0.0117. The Labute approximate surface area is 150 Å². The molecule has 0 bridgehead atoms. The molecular formula is C17H20ClN3O2S. The molecule has 0 saturated heterocycles. The van der Waals surface area contributed by atoms with Gasteiger partial charge in [-0.2, -0.15) is 0 Å². The Kier molecular flexibility index (Phi) is 5.92. The summed E-state index contributed by atoms with van der Waals surface area (Å²) >= 11 is 7.49. The van der Waals surface area contributed by atoms with E-state index >= 15 is 0 Å². The largest absolute Gasteiger partial charge is 0.383 e. The molecule has 0 N–H and O–H groups in total. The van der Waals surface area contributed by atoms with Crippen molar-refractivity contribution in [3.05, 3.63) is 29.3 Å². The molecule has 1 aliphatic carbocycles. The number of benzene rings is 1. The van der Waals surface area contributed by atoms with Gasteiger partial charge in [0.15, 0.2) is 11.0 Å². The van der Waals surface area contributed by atoms with Gasteiger partial charge in [-0.25, -0.2) is 0 Å². The molecule has 1 fully saturated rings. The molecule has 1 aliphatic rings. The first-order valence-corrected chi connectivity index (χ1v) is 9.32. The van der Waals surface area contributed by atoms with E-state index in [-0.39, 0.29) is 5.25 Å². The molecule has 0 spiro atoms. The van der Waals surface area contributed by atoms with Crippen LogP contribution in [0.2, 0.25) is 5.02 Å². The maximum Gasteiger partial charge on any atom is 0.192 e. The number of rotatable bonds is 6. The van der Waals surface area contributed by atoms with Gasteiger partial charge in [-0.3, -0.25) is 9.36 Å². The van der Waals surface area contributed by atoms with Gasteiger partial charge in [0, 0.05) is 24.1 Å². The zero-order valence-corrected chi connectivity index (χ0v) is 15.1. The highest BCUT2D eigenvalue weighted by Gasteiger charge is 2.26. The van der Waals surface area contributed by atoms with E-state index in [1.807, 2.05) is 28.8 Å². The lowest BCUT2D eigenvalue weighted by molar-refractivity contribution is -0.119. The number of ketones is 1. The second-order valence-corrected chi connectivity index (χ2v) is 7.38. The molecule has 1 heterocycles. The number of nitrogens with zero attached hydrogens (tertiary/aromatic N) is 3. The fraction of sp³-hybridized carbons (Fsp3) is 0.471. The Morgan fingerprint density at radius 2 is 2.08 bits per heavy atom. The number of Topliss-reactive ketones (excluding diaryl/α,β-unsaturated/α-hetero) is 1. The maximum absolute atomic E-state index is 12.1. The minimum atomic E-state index is -0.0117. The van der Waals surface area contributed by atoms with Gasteiger partial charge in [0.05, 0.1) is 18.4 Å². The van der Waals surface area contributed by atoms with Crippen molar-refractivity contribution >= 4 is 29.1 Å². The number of methoxy groups -OCH3 is 1. The molecule has 0 unspecified atom stereocenters. The van der Waals surface area contributed by atoms with Gasteiger partial charge >= 0.3 is 0 Å². The molecule has 3 rings (SSSR count). The number of ether oxygens (including phenoxy) is 1. The average molecular weight is 366 g/mol. The Bertz CT molecular complexity index is 702. The summed E-state index contributed by atoms with van der Waals surface area (Å²) in [6.45, 7) is 1.20. The predicted octanol–water partition coefficient (Wildman–Crippen LogP) is 3.85. The van der Waals surface area contributed by atoms with Crippen molar-refractivity contribution in [2.24, 2.45) is 0 Å². The highest BCUT2D eigenvalue weighted by atomic mass is 35.5. The van der Waals surface area contributed by atoms with Crippen molar-refractivity contribution in [1.82, 2.24) is 14.8 Å². The fourth-order valence-electron chi connectivity index (χ4n) is 2.78. The Morgan fingerprint density at radius 1 is 1.29 bits per heavy atom.